The van der Waals surface area contributed by atoms with E-state index in [-0.39, 0.29) is 42.6 Å². The number of nitrogens with zero attached hydrogens (tertiary/aromatic N) is 5. The first kappa shape index (κ1) is 23.2. The van der Waals surface area contributed by atoms with Gasteiger partial charge in [-0.3, -0.25) is 24.0 Å². The van der Waals surface area contributed by atoms with Gasteiger partial charge in [-0.25, -0.2) is 4.98 Å². The van der Waals surface area contributed by atoms with E-state index in [1.807, 2.05) is 25.8 Å². The van der Waals surface area contributed by atoms with Crippen LogP contribution in [0, 0.1) is 6.92 Å². The van der Waals surface area contributed by atoms with Crippen molar-refractivity contribution in [2.75, 3.05) is 26.2 Å². The molecule has 0 radical (unpaired) electrons. The maximum atomic E-state index is 13.1. The van der Waals surface area contributed by atoms with Gasteiger partial charge in [0, 0.05) is 58.2 Å². The van der Waals surface area contributed by atoms with Gasteiger partial charge in [-0.1, -0.05) is 13.3 Å². The highest BCUT2D eigenvalue weighted by Crippen LogP contribution is 2.36. The Morgan fingerprint density at radius 1 is 1.13 bits per heavy atom. The molecule has 10 heteroatoms. The summed E-state index contributed by atoms with van der Waals surface area (Å²) in [5, 5.41) is 10.2. The van der Waals surface area contributed by atoms with Crippen LogP contribution >= 0.6 is 0 Å². The summed E-state index contributed by atoms with van der Waals surface area (Å²) in [6.45, 7) is 8.20. The van der Waals surface area contributed by atoms with Crippen molar-refractivity contribution in [3.05, 3.63) is 11.6 Å². The van der Waals surface area contributed by atoms with E-state index in [1.54, 1.807) is 4.68 Å². The van der Waals surface area contributed by atoms with E-state index in [0.29, 0.717) is 32.0 Å². The highest BCUT2D eigenvalue weighted by atomic mass is 16.2. The molecule has 2 N–H and O–H groups in total. The van der Waals surface area contributed by atoms with Crippen LogP contribution in [0.25, 0.3) is 0 Å². The molecular weight excluding hydrogens is 398 g/mol. The molecule has 2 saturated heterocycles. The minimum absolute atomic E-state index is 0.00848. The lowest BCUT2D eigenvalue weighted by Gasteiger charge is -2.37. The molecule has 1 aromatic rings. The zero-order valence-electron chi connectivity index (χ0n) is 19.1. The molecule has 0 saturated carbocycles. The number of unbranched alkanes of at least 4 members (excludes halogenated alkanes) is 1. The Morgan fingerprint density at radius 3 is 2.48 bits per heavy atom. The summed E-state index contributed by atoms with van der Waals surface area (Å²) >= 11 is 0. The summed E-state index contributed by atoms with van der Waals surface area (Å²) in [5.41, 5.74) is 0. The summed E-state index contributed by atoms with van der Waals surface area (Å²) in [7, 11) is 1.82. The number of aromatic nitrogens is 3. The fourth-order valence-corrected chi connectivity index (χ4v) is 4.47. The van der Waals surface area contributed by atoms with E-state index in [4.69, 9.17) is 0 Å². The maximum Gasteiger partial charge on any atom is 0.245 e. The topological polar surface area (TPSA) is 112 Å². The molecule has 3 atom stereocenters. The average Bonchev–Trinajstić information content (AvgIpc) is 3.42. The van der Waals surface area contributed by atoms with Crippen molar-refractivity contribution in [1.29, 1.82) is 0 Å². The minimum Gasteiger partial charge on any atom is -0.356 e. The fraction of sp³-hybridized carbons (Fsp3) is 0.762. The molecule has 2 aliphatic rings. The number of piperazine rings is 1. The molecule has 1 aromatic heterocycles. The number of nitrogens with one attached hydrogen (secondary N) is 2. The van der Waals surface area contributed by atoms with Crippen molar-refractivity contribution >= 4 is 17.7 Å². The van der Waals surface area contributed by atoms with Crippen LogP contribution < -0.4 is 10.6 Å². The van der Waals surface area contributed by atoms with Crippen LogP contribution in [-0.4, -0.2) is 80.5 Å². The lowest BCUT2D eigenvalue weighted by Crippen LogP contribution is -2.52. The number of fused-ring (bicyclic) bond motifs is 2. The quantitative estimate of drug-likeness (QED) is 0.513. The molecule has 10 nitrogen and oxygen atoms in total. The summed E-state index contributed by atoms with van der Waals surface area (Å²) in [4.78, 5) is 46.0. The lowest BCUT2D eigenvalue weighted by atomic mass is 10.1. The van der Waals surface area contributed by atoms with Crippen LogP contribution in [0.5, 0.6) is 0 Å². The monoisotopic (exact) mass is 433 g/mol. The van der Waals surface area contributed by atoms with Crippen LogP contribution in [0.15, 0.2) is 0 Å². The Balaban J connectivity index is 1.67. The average molecular weight is 434 g/mol. The first-order chi connectivity index (χ1) is 14.8. The molecule has 31 heavy (non-hydrogen) atoms. The summed E-state index contributed by atoms with van der Waals surface area (Å²) in [6, 6.07) is -0.411. The third-order valence-corrected chi connectivity index (χ3v) is 6.19. The molecule has 2 bridgehead atoms. The van der Waals surface area contributed by atoms with Gasteiger partial charge < -0.3 is 15.5 Å². The summed E-state index contributed by atoms with van der Waals surface area (Å²) in [5.74, 6) is 1.10. The van der Waals surface area contributed by atoms with Gasteiger partial charge in [-0.2, -0.15) is 5.10 Å². The first-order valence-electron chi connectivity index (χ1n) is 11.3. The number of amides is 3. The second-order valence-electron chi connectivity index (χ2n) is 8.43. The third kappa shape index (κ3) is 5.23. The smallest absolute Gasteiger partial charge is 0.245 e. The van der Waals surface area contributed by atoms with Crippen LogP contribution in [-0.2, 0) is 21.4 Å². The van der Waals surface area contributed by atoms with Crippen molar-refractivity contribution in [2.24, 2.45) is 7.05 Å². The van der Waals surface area contributed by atoms with Gasteiger partial charge in [0.2, 0.25) is 17.7 Å². The van der Waals surface area contributed by atoms with Crippen LogP contribution in [0.1, 0.15) is 63.6 Å². The van der Waals surface area contributed by atoms with E-state index < -0.39 is 6.04 Å². The molecular formula is C21H35N7O3. The fourth-order valence-electron chi connectivity index (χ4n) is 4.47. The van der Waals surface area contributed by atoms with E-state index >= 15 is 0 Å². The number of carbonyl (C=O) groups is 3. The Bertz CT molecular complexity index is 789. The van der Waals surface area contributed by atoms with Gasteiger partial charge in [0.1, 0.15) is 5.82 Å². The van der Waals surface area contributed by atoms with E-state index in [0.717, 1.165) is 25.1 Å². The van der Waals surface area contributed by atoms with Gasteiger partial charge in [0.05, 0.1) is 0 Å². The van der Waals surface area contributed by atoms with Gasteiger partial charge in [0.25, 0.3) is 0 Å². The van der Waals surface area contributed by atoms with E-state index in [2.05, 4.69) is 32.5 Å². The number of likely N-dealkylation sites (tertiary alicyclic amines) is 2. The Morgan fingerprint density at radius 2 is 1.90 bits per heavy atom. The predicted octanol–water partition coefficient (Wildman–Crippen LogP) is 0.282. The van der Waals surface area contributed by atoms with Crippen molar-refractivity contribution in [3.63, 3.8) is 0 Å². The number of rotatable bonds is 10. The third-order valence-electron chi connectivity index (χ3n) is 6.19. The molecule has 3 rings (SSSR count). The molecule has 2 fully saturated rings. The normalized spacial score (nSPS) is 21.4. The molecule has 0 aliphatic carbocycles. The molecule has 2 aliphatic heterocycles. The highest BCUT2D eigenvalue weighted by molar-refractivity contribution is 5.84. The lowest BCUT2D eigenvalue weighted by molar-refractivity contribution is -0.136. The number of hydrogen-bond donors (Lipinski definition) is 2. The molecule has 1 unspecified atom stereocenters. The predicted molar refractivity (Wildman–Crippen MR) is 115 cm³/mol. The Hall–Kier alpha value is -2.49. The second-order valence-corrected chi connectivity index (χ2v) is 8.43. The Labute approximate surface area is 183 Å². The number of hydrogen-bond acceptors (Lipinski definition) is 6. The molecule has 3 heterocycles. The zero-order valence-corrected chi connectivity index (χ0v) is 19.1. The van der Waals surface area contributed by atoms with Crippen LogP contribution in [0.3, 0.4) is 0 Å². The minimum atomic E-state index is -0.556. The second kappa shape index (κ2) is 10.2. The number of aryl methyl sites for hydroxylation is 2. The van der Waals surface area contributed by atoms with Gasteiger partial charge >= 0.3 is 0 Å². The summed E-state index contributed by atoms with van der Waals surface area (Å²) in [6.07, 6.45) is 3.19. The molecule has 172 valence electrons. The van der Waals surface area contributed by atoms with Gasteiger partial charge in [-0.15, -0.1) is 0 Å². The van der Waals surface area contributed by atoms with E-state index in [9.17, 15) is 14.4 Å². The van der Waals surface area contributed by atoms with E-state index in [1.165, 1.54) is 0 Å². The van der Waals surface area contributed by atoms with Gasteiger partial charge in [-0.05, 0) is 26.7 Å². The Kier molecular flexibility index (Phi) is 7.64. The maximum absolute atomic E-state index is 13.1. The first-order valence-corrected chi connectivity index (χ1v) is 11.3. The largest absolute Gasteiger partial charge is 0.356 e. The molecule has 0 spiro atoms. The van der Waals surface area contributed by atoms with Crippen molar-refractivity contribution in [1.82, 2.24) is 35.2 Å². The van der Waals surface area contributed by atoms with Crippen molar-refractivity contribution < 1.29 is 14.4 Å². The SMILES string of the molecule is CCCCNC(=O)C(c1nc(C)n(C)n1)N1C[C@@H]2C[C@H]1CN2C(=O)CCC(=O)NCC. The highest BCUT2D eigenvalue weighted by Gasteiger charge is 2.50. The summed E-state index contributed by atoms with van der Waals surface area (Å²) < 4.78 is 1.69. The molecule has 0 aromatic carbocycles. The van der Waals surface area contributed by atoms with Crippen molar-refractivity contribution in [2.45, 2.75) is 71.0 Å². The zero-order chi connectivity index (χ0) is 22.5. The standard InChI is InChI=1S/C21H35N7O3/c1-5-7-10-23-21(31)19(20-24-14(3)26(4)25-20)28-13-15-11-16(28)12-27(15)18(30)9-8-17(29)22-6-2/h15-16,19H,5-13H2,1-4H3,(H,22,29)(H,23,31)/t15-,16-,19?/m0/s1. The van der Waals surface area contributed by atoms with Gasteiger partial charge in [0.15, 0.2) is 11.9 Å². The van der Waals surface area contributed by atoms with Crippen molar-refractivity contribution in [3.8, 4) is 0 Å². The number of carbonyl (C=O) groups excluding carboxylic acids is 3. The molecule has 3 amide bonds. The van der Waals surface area contributed by atoms with Crippen LogP contribution in [0.2, 0.25) is 0 Å². The van der Waals surface area contributed by atoms with Crippen LogP contribution in [0.4, 0.5) is 0 Å².